The Morgan fingerprint density at radius 1 is 1.15 bits per heavy atom. The van der Waals surface area contributed by atoms with Gasteiger partial charge in [-0.25, -0.2) is 0 Å². The smallest absolute Gasteiger partial charge is 0.119 e. The minimum Gasteiger partial charge on any atom is -0.494 e. The van der Waals surface area contributed by atoms with Gasteiger partial charge in [0.15, 0.2) is 0 Å². The summed E-state index contributed by atoms with van der Waals surface area (Å²) in [6.45, 7) is 3.61. The van der Waals surface area contributed by atoms with E-state index in [4.69, 9.17) is 9.47 Å². The molecule has 0 heterocycles. The molecule has 0 radical (unpaired) electrons. The van der Waals surface area contributed by atoms with Gasteiger partial charge in [-0.1, -0.05) is 6.92 Å². The highest BCUT2D eigenvalue weighted by Crippen LogP contribution is 2.20. The first kappa shape index (κ1) is 15.1. The standard InChI is InChI=1S/C16H25NO3/c1-2-10-19-15-5-7-16(8-6-15)20-11-9-14(12-18)17-13-3-4-13/h5-8,13-14,17-18H,2-4,9-12H2,1H3. The van der Waals surface area contributed by atoms with E-state index in [1.165, 1.54) is 12.8 Å². The predicted octanol–water partition coefficient (Wildman–Crippen LogP) is 2.36. The van der Waals surface area contributed by atoms with Crippen molar-refractivity contribution in [3.05, 3.63) is 24.3 Å². The van der Waals surface area contributed by atoms with Crippen molar-refractivity contribution in [3.8, 4) is 11.5 Å². The minimum absolute atomic E-state index is 0.148. The molecule has 1 unspecified atom stereocenters. The zero-order valence-electron chi connectivity index (χ0n) is 12.2. The summed E-state index contributed by atoms with van der Waals surface area (Å²) in [6, 6.07) is 8.46. The molecule has 4 nitrogen and oxygen atoms in total. The van der Waals surface area contributed by atoms with Crippen LogP contribution in [0.2, 0.25) is 0 Å². The summed E-state index contributed by atoms with van der Waals surface area (Å²) in [5.41, 5.74) is 0. The molecule has 1 saturated carbocycles. The van der Waals surface area contributed by atoms with Crippen molar-refractivity contribution < 1.29 is 14.6 Å². The number of hydrogen-bond donors (Lipinski definition) is 2. The van der Waals surface area contributed by atoms with Crippen molar-refractivity contribution in [2.45, 2.75) is 44.7 Å². The number of rotatable bonds is 10. The first-order chi connectivity index (χ1) is 9.81. The molecule has 0 aromatic heterocycles. The molecule has 1 fully saturated rings. The van der Waals surface area contributed by atoms with Crippen molar-refractivity contribution in [1.29, 1.82) is 0 Å². The Balaban J connectivity index is 1.67. The van der Waals surface area contributed by atoms with Gasteiger partial charge in [-0.05, 0) is 49.9 Å². The molecule has 0 spiro atoms. The van der Waals surface area contributed by atoms with Crippen LogP contribution in [0.4, 0.5) is 0 Å². The third-order valence-corrected chi connectivity index (χ3v) is 3.30. The maximum absolute atomic E-state index is 9.28. The van der Waals surface area contributed by atoms with Gasteiger partial charge in [0.05, 0.1) is 19.8 Å². The maximum atomic E-state index is 9.28. The molecule has 1 aliphatic rings. The number of aliphatic hydroxyl groups excluding tert-OH is 1. The topological polar surface area (TPSA) is 50.7 Å². The molecule has 1 aliphatic carbocycles. The fourth-order valence-corrected chi connectivity index (χ4v) is 1.98. The van der Waals surface area contributed by atoms with Crippen molar-refractivity contribution >= 4 is 0 Å². The van der Waals surface area contributed by atoms with E-state index in [0.717, 1.165) is 30.9 Å². The zero-order chi connectivity index (χ0) is 14.2. The molecule has 1 atom stereocenters. The lowest BCUT2D eigenvalue weighted by molar-refractivity contribution is 0.207. The normalized spacial score (nSPS) is 15.9. The average Bonchev–Trinajstić information content (AvgIpc) is 3.29. The molecule has 1 aromatic carbocycles. The van der Waals surface area contributed by atoms with Crippen molar-refractivity contribution in [2.24, 2.45) is 0 Å². The monoisotopic (exact) mass is 279 g/mol. The quantitative estimate of drug-likeness (QED) is 0.690. The third-order valence-electron chi connectivity index (χ3n) is 3.30. The van der Waals surface area contributed by atoms with E-state index in [1.54, 1.807) is 0 Å². The largest absolute Gasteiger partial charge is 0.494 e. The van der Waals surface area contributed by atoms with E-state index in [2.05, 4.69) is 12.2 Å². The second-order valence-corrected chi connectivity index (χ2v) is 5.28. The summed E-state index contributed by atoms with van der Waals surface area (Å²) < 4.78 is 11.2. The van der Waals surface area contributed by atoms with Gasteiger partial charge < -0.3 is 19.9 Å². The van der Waals surface area contributed by atoms with Crippen LogP contribution in [0.3, 0.4) is 0 Å². The van der Waals surface area contributed by atoms with Crippen LogP contribution in [0, 0.1) is 0 Å². The van der Waals surface area contributed by atoms with Crippen LogP contribution in [0.15, 0.2) is 24.3 Å². The molecule has 112 valence electrons. The molecule has 4 heteroatoms. The van der Waals surface area contributed by atoms with Gasteiger partial charge >= 0.3 is 0 Å². The van der Waals surface area contributed by atoms with Crippen molar-refractivity contribution in [3.63, 3.8) is 0 Å². The van der Waals surface area contributed by atoms with Gasteiger partial charge in [-0.2, -0.15) is 0 Å². The average molecular weight is 279 g/mol. The fourth-order valence-electron chi connectivity index (χ4n) is 1.98. The van der Waals surface area contributed by atoms with E-state index >= 15 is 0 Å². The van der Waals surface area contributed by atoms with Gasteiger partial charge in [0.1, 0.15) is 11.5 Å². The van der Waals surface area contributed by atoms with E-state index in [9.17, 15) is 5.11 Å². The molecule has 0 bridgehead atoms. The fraction of sp³-hybridized carbons (Fsp3) is 0.625. The molecule has 2 rings (SSSR count). The molecule has 20 heavy (non-hydrogen) atoms. The van der Waals surface area contributed by atoms with Crippen LogP contribution < -0.4 is 14.8 Å². The Hall–Kier alpha value is -1.26. The second-order valence-electron chi connectivity index (χ2n) is 5.28. The van der Waals surface area contributed by atoms with Gasteiger partial charge in [-0.15, -0.1) is 0 Å². The SMILES string of the molecule is CCCOc1ccc(OCCC(CO)NC2CC2)cc1. The highest BCUT2D eigenvalue weighted by Gasteiger charge is 2.23. The summed E-state index contributed by atoms with van der Waals surface area (Å²) in [5, 5.41) is 12.7. The molecular weight excluding hydrogens is 254 g/mol. The summed E-state index contributed by atoms with van der Waals surface area (Å²) in [5.74, 6) is 1.72. The van der Waals surface area contributed by atoms with E-state index < -0.39 is 0 Å². The molecule has 2 N–H and O–H groups in total. The Morgan fingerprint density at radius 2 is 1.75 bits per heavy atom. The van der Waals surface area contributed by atoms with Crippen LogP contribution in [-0.4, -0.2) is 37.0 Å². The Morgan fingerprint density at radius 3 is 2.25 bits per heavy atom. The summed E-state index contributed by atoms with van der Waals surface area (Å²) in [4.78, 5) is 0. The first-order valence-corrected chi connectivity index (χ1v) is 7.54. The summed E-state index contributed by atoms with van der Waals surface area (Å²) in [7, 11) is 0. The van der Waals surface area contributed by atoms with E-state index in [0.29, 0.717) is 12.6 Å². The van der Waals surface area contributed by atoms with Gasteiger partial charge in [0.25, 0.3) is 0 Å². The van der Waals surface area contributed by atoms with E-state index in [1.807, 2.05) is 24.3 Å². The predicted molar refractivity (Wildman–Crippen MR) is 79.4 cm³/mol. The molecule has 0 saturated heterocycles. The number of aliphatic hydroxyl groups is 1. The number of hydrogen-bond acceptors (Lipinski definition) is 4. The summed E-state index contributed by atoms with van der Waals surface area (Å²) in [6.07, 6.45) is 4.29. The Labute approximate surface area is 121 Å². The van der Waals surface area contributed by atoms with Crippen LogP contribution >= 0.6 is 0 Å². The first-order valence-electron chi connectivity index (χ1n) is 7.54. The molecule has 0 amide bonds. The number of benzene rings is 1. The maximum Gasteiger partial charge on any atom is 0.119 e. The van der Waals surface area contributed by atoms with Crippen molar-refractivity contribution in [1.82, 2.24) is 5.32 Å². The lowest BCUT2D eigenvalue weighted by atomic mass is 10.2. The van der Waals surface area contributed by atoms with Crippen LogP contribution in [0.1, 0.15) is 32.6 Å². The second kappa shape index (κ2) is 8.12. The highest BCUT2D eigenvalue weighted by atomic mass is 16.5. The Bertz CT molecular complexity index is 376. The highest BCUT2D eigenvalue weighted by molar-refractivity contribution is 5.31. The molecule has 1 aromatic rings. The third kappa shape index (κ3) is 5.39. The lowest BCUT2D eigenvalue weighted by Gasteiger charge is -2.16. The number of ether oxygens (including phenoxy) is 2. The van der Waals surface area contributed by atoms with Gasteiger partial charge in [0.2, 0.25) is 0 Å². The van der Waals surface area contributed by atoms with Gasteiger partial charge in [-0.3, -0.25) is 0 Å². The minimum atomic E-state index is 0.148. The lowest BCUT2D eigenvalue weighted by Crippen LogP contribution is -2.35. The van der Waals surface area contributed by atoms with E-state index in [-0.39, 0.29) is 12.6 Å². The molecular formula is C16H25NO3. The van der Waals surface area contributed by atoms with Crippen LogP contribution in [0.25, 0.3) is 0 Å². The zero-order valence-corrected chi connectivity index (χ0v) is 12.2. The Kier molecular flexibility index (Phi) is 6.15. The summed E-state index contributed by atoms with van der Waals surface area (Å²) >= 11 is 0. The number of nitrogens with one attached hydrogen (secondary N) is 1. The van der Waals surface area contributed by atoms with Crippen molar-refractivity contribution in [2.75, 3.05) is 19.8 Å². The molecule has 0 aliphatic heterocycles. The van der Waals surface area contributed by atoms with Crippen LogP contribution in [-0.2, 0) is 0 Å². The van der Waals surface area contributed by atoms with Gasteiger partial charge in [0, 0.05) is 12.1 Å². The van der Waals surface area contributed by atoms with Crippen LogP contribution in [0.5, 0.6) is 11.5 Å².